The molecule has 25 heavy (non-hydrogen) atoms. The number of rotatable bonds is 6. The van der Waals surface area contributed by atoms with Gasteiger partial charge in [0.1, 0.15) is 16.9 Å². The SMILES string of the molecule is CC(C)(C)OC(=O)CCCOc1cc2oc(=O)cc(CO)c2cc1Br. The van der Waals surface area contributed by atoms with Crippen molar-refractivity contribution in [1.82, 2.24) is 0 Å². The van der Waals surface area contributed by atoms with Crippen LogP contribution < -0.4 is 10.4 Å². The monoisotopic (exact) mass is 412 g/mol. The highest BCUT2D eigenvalue weighted by molar-refractivity contribution is 9.10. The minimum atomic E-state index is -0.533. The first-order valence-corrected chi connectivity index (χ1v) is 8.70. The molecule has 136 valence electrons. The fraction of sp³-hybridized carbons (Fsp3) is 0.444. The molecule has 0 radical (unpaired) electrons. The van der Waals surface area contributed by atoms with Crippen LogP contribution in [0.1, 0.15) is 39.2 Å². The van der Waals surface area contributed by atoms with Crippen LogP contribution in [0.5, 0.6) is 5.75 Å². The standard InChI is InChI=1S/C18H21BrO6/c1-18(2,3)25-16(21)5-4-6-23-15-9-14-12(8-13(15)19)11(10-20)7-17(22)24-14/h7-9,20H,4-6,10H2,1-3H3. The van der Waals surface area contributed by atoms with E-state index in [9.17, 15) is 14.7 Å². The topological polar surface area (TPSA) is 86.0 Å². The van der Waals surface area contributed by atoms with Crippen LogP contribution in [-0.2, 0) is 16.1 Å². The Morgan fingerprint density at radius 2 is 2.00 bits per heavy atom. The molecule has 7 heteroatoms. The lowest BCUT2D eigenvalue weighted by Crippen LogP contribution is -2.23. The molecule has 0 aliphatic carbocycles. The van der Waals surface area contributed by atoms with E-state index in [0.29, 0.717) is 39.8 Å². The van der Waals surface area contributed by atoms with Crippen molar-refractivity contribution in [3.63, 3.8) is 0 Å². The number of carbonyl (C=O) groups is 1. The first-order valence-electron chi connectivity index (χ1n) is 7.91. The number of aliphatic hydroxyl groups excluding tert-OH is 1. The predicted molar refractivity (Wildman–Crippen MR) is 96.7 cm³/mol. The van der Waals surface area contributed by atoms with Gasteiger partial charge in [-0.05, 0) is 54.8 Å². The molecule has 1 N–H and O–H groups in total. The van der Waals surface area contributed by atoms with Gasteiger partial charge in [-0.1, -0.05) is 0 Å². The maximum atomic E-state index is 11.7. The van der Waals surface area contributed by atoms with Gasteiger partial charge in [0.05, 0.1) is 17.7 Å². The van der Waals surface area contributed by atoms with Gasteiger partial charge in [0, 0.05) is 23.9 Å². The highest BCUT2D eigenvalue weighted by Crippen LogP contribution is 2.31. The summed E-state index contributed by atoms with van der Waals surface area (Å²) in [6, 6.07) is 4.58. The molecule has 0 bridgehead atoms. The average molecular weight is 413 g/mol. The number of esters is 1. The lowest BCUT2D eigenvalue weighted by Gasteiger charge is -2.19. The van der Waals surface area contributed by atoms with E-state index in [-0.39, 0.29) is 19.0 Å². The maximum absolute atomic E-state index is 11.7. The first-order chi connectivity index (χ1) is 11.7. The van der Waals surface area contributed by atoms with E-state index in [4.69, 9.17) is 13.9 Å². The number of halogens is 1. The number of ether oxygens (including phenoxy) is 2. The third kappa shape index (κ3) is 5.57. The maximum Gasteiger partial charge on any atom is 0.336 e. The van der Waals surface area contributed by atoms with E-state index < -0.39 is 11.2 Å². The minimum absolute atomic E-state index is 0.256. The number of hydrogen-bond donors (Lipinski definition) is 1. The van der Waals surface area contributed by atoms with Crippen molar-refractivity contribution in [3.8, 4) is 5.75 Å². The molecule has 0 saturated carbocycles. The molecule has 2 rings (SSSR count). The van der Waals surface area contributed by atoms with Crippen LogP contribution in [0.2, 0.25) is 0 Å². The Morgan fingerprint density at radius 1 is 1.28 bits per heavy atom. The zero-order chi connectivity index (χ0) is 18.6. The third-order valence-electron chi connectivity index (χ3n) is 3.26. The van der Waals surface area contributed by atoms with E-state index in [1.54, 1.807) is 12.1 Å². The van der Waals surface area contributed by atoms with Crippen molar-refractivity contribution in [3.05, 3.63) is 38.7 Å². The first kappa shape index (κ1) is 19.5. The molecule has 0 amide bonds. The van der Waals surface area contributed by atoms with Crippen molar-refractivity contribution in [1.29, 1.82) is 0 Å². The van der Waals surface area contributed by atoms with Gasteiger partial charge in [0.25, 0.3) is 0 Å². The van der Waals surface area contributed by atoms with Gasteiger partial charge in [0.15, 0.2) is 0 Å². The summed E-state index contributed by atoms with van der Waals surface area (Å²) in [6.45, 7) is 5.52. The number of fused-ring (bicyclic) bond motifs is 1. The van der Waals surface area contributed by atoms with Gasteiger partial charge in [-0.15, -0.1) is 0 Å². The number of aliphatic hydroxyl groups is 1. The summed E-state index contributed by atoms with van der Waals surface area (Å²) in [6.07, 6.45) is 0.756. The van der Waals surface area contributed by atoms with Gasteiger partial charge < -0.3 is 19.0 Å². The highest BCUT2D eigenvalue weighted by atomic mass is 79.9. The molecule has 0 fully saturated rings. The summed E-state index contributed by atoms with van der Waals surface area (Å²) >= 11 is 3.40. The second-order valence-electron chi connectivity index (χ2n) is 6.57. The summed E-state index contributed by atoms with van der Waals surface area (Å²) in [5.41, 5.74) is -0.207. The summed E-state index contributed by atoms with van der Waals surface area (Å²) in [4.78, 5) is 23.2. The summed E-state index contributed by atoms with van der Waals surface area (Å²) in [7, 11) is 0. The molecule has 1 aromatic heterocycles. The van der Waals surface area contributed by atoms with Crippen LogP contribution in [0.3, 0.4) is 0 Å². The molecule has 6 nitrogen and oxygen atoms in total. The Hall–Kier alpha value is -1.86. The van der Waals surface area contributed by atoms with Crippen molar-refractivity contribution in [2.45, 2.75) is 45.8 Å². The average Bonchev–Trinajstić information content (AvgIpc) is 2.49. The molecule has 0 unspecified atom stereocenters. The van der Waals surface area contributed by atoms with Gasteiger partial charge in [-0.25, -0.2) is 4.79 Å². The summed E-state index contributed by atoms with van der Waals surface area (Å²) in [5, 5.41) is 9.99. The molecule has 0 spiro atoms. The summed E-state index contributed by atoms with van der Waals surface area (Å²) < 4.78 is 16.7. The Labute approximate surface area is 153 Å². The number of carbonyl (C=O) groups excluding carboxylic acids is 1. The van der Waals surface area contributed by atoms with Crippen molar-refractivity contribution < 1.29 is 23.8 Å². The predicted octanol–water partition coefficient (Wildman–Crippen LogP) is 3.55. The van der Waals surface area contributed by atoms with Gasteiger partial charge in [0.2, 0.25) is 0 Å². The van der Waals surface area contributed by atoms with Crippen LogP contribution >= 0.6 is 15.9 Å². The van der Waals surface area contributed by atoms with Crippen LogP contribution in [0, 0.1) is 0 Å². The quantitative estimate of drug-likeness (QED) is 0.443. The van der Waals surface area contributed by atoms with E-state index in [1.807, 2.05) is 20.8 Å². The highest BCUT2D eigenvalue weighted by Gasteiger charge is 2.16. The van der Waals surface area contributed by atoms with E-state index in [0.717, 1.165) is 0 Å². The molecule has 0 saturated heterocycles. The van der Waals surface area contributed by atoms with Crippen molar-refractivity contribution in [2.24, 2.45) is 0 Å². The van der Waals surface area contributed by atoms with Crippen LogP contribution in [0.4, 0.5) is 0 Å². The smallest absolute Gasteiger partial charge is 0.336 e. The zero-order valence-electron chi connectivity index (χ0n) is 14.4. The van der Waals surface area contributed by atoms with Crippen molar-refractivity contribution >= 4 is 32.9 Å². The van der Waals surface area contributed by atoms with E-state index >= 15 is 0 Å². The van der Waals surface area contributed by atoms with Crippen LogP contribution in [0.15, 0.2) is 31.9 Å². The fourth-order valence-electron chi connectivity index (χ4n) is 2.26. The Bertz CT molecular complexity index is 819. The van der Waals surface area contributed by atoms with Gasteiger partial charge >= 0.3 is 11.6 Å². The third-order valence-corrected chi connectivity index (χ3v) is 3.88. The fourth-order valence-corrected chi connectivity index (χ4v) is 2.72. The molecular formula is C18H21BrO6. The van der Waals surface area contributed by atoms with E-state index in [2.05, 4.69) is 15.9 Å². The lowest BCUT2D eigenvalue weighted by atomic mass is 10.1. The van der Waals surface area contributed by atoms with Crippen LogP contribution in [-0.4, -0.2) is 23.3 Å². The molecule has 0 atom stereocenters. The van der Waals surface area contributed by atoms with Crippen LogP contribution in [0.25, 0.3) is 11.0 Å². The molecule has 2 aromatic rings. The number of hydrogen-bond acceptors (Lipinski definition) is 6. The molecule has 0 aliphatic rings. The van der Waals surface area contributed by atoms with Gasteiger partial charge in [-0.2, -0.15) is 0 Å². The van der Waals surface area contributed by atoms with Gasteiger partial charge in [-0.3, -0.25) is 4.79 Å². The minimum Gasteiger partial charge on any atom is -0.492 e. The molecular weight excluding hydrogens is 392 g/mol. The zero-order valence-corrected chi connectivity index (χ0v) is 16.0. The number of benzene rings is 1. The van der Waals surface area contributed by atoms with E-state index in [1.165, 1.54) is 6.07 Å². The Kier molecular flexibility index (Phi) is 6.24. The second kappa shape index (κ2) is 8.01. The lowest BCUT2D eigenvalue weighted by molar-refractivity contribution is -0.155. The normalized spacial score (nSPS) is 11.6. The summed E-state index contributed by atoms with van der Waals surface area (Å²) in [5.74, 6) is 0.224. The second-order valence-corrected chi connectivity index (χ2v) is 7.42. The van der Waals surface area contributed by atoms with Crippen molar-refractivity contribution in [2.75, 3.05) is 6.61 Å². The Balaban J connectivity index is 2.03. The molecule has 0 aliphatic heterocycles. The largest absolute Gasteiger partial charge is 0.492 e. The molecule has 1 heterocycles. The molecule has 1 aromatic carbocycles. The Morgan fingerprint density at radius 3 is 2.64 bits per heavy atom.